The van der Waals surface area contributed by atoms with Crippen LogP contribution in [0.2, 0.25) is 0 Å². The fourth-order valence-electron chi connectivity index (χ4n) is 4.09. The number of hydrogen-bond acceptors (Lipinski definition) is 9. The molecule has 0 bridgehead atoms. The minimum Gasteiger partial charge on any atom is -0.492 e. The van der Waals surface area contributed by atoms with E-state index in [9.17, 15) is 14.4 Å². The molecule has 9 nitrogen and oxygen atoms in total. The van der Waals surface area contributed by atoms with E-state index in [0.29, 0.717) is 40.2 Å². The smallest absolute Gasteiger partial charge is 0.492 e. The Labute approximate surface area is 208 Å². The van der Waals surface area contributed by atoms with Crippen molar-refractivity contribution in [3.63, 3.8) is 0 Å². The third kappa shape index (κ3) is 5.64. The van der Waals surface area contributed by atoms with E-state index in [0.717, 1.165) is 5.56 Å². The molecule has 0 heterocycles. The quantitative estimate of drug-likeness (QED) is 0.326. The minimum absolute atomic E-state index is 0.148. The van der Waals surface area contributed by atoms with Crippen molar-refractivity contribution in [1.82, 2.24) is 5.32 Å². The Hall–Kier alpha value is -3.40. The Morgan fingerprint density at radius 2 is 1.77 bits per heavy atom. The number of alkyl carbamates (subject to hydrolysis) is 1. The van der Waals surface area contributed by atoms with Crippen molar-refractivity contribution < 1.29 is 33.3 Å². The van der Waals surface area contributed by atoms with E-state index in [4.69, 9.17) is 23.7 Å². The molecule has 0 saturated carbocycles. The lowest BCUT2D eigenvalue weighted by atomic mass is 9.95. The molecule has 1 aliphatic rings. The molecule has 3 rings (SSSR count). The maximum Gasteiger partial charge on any atom is 0.513 e. The zero-order valence-corrected chi connectivity index (χ0v) is 21.2. The third-order valence-corrected chi connectivity index (χ3v) is 6.30. The highest BCUT2D eigenvalue weighted by Crippen LogP contribution is 2.50. The second kappa shape index (κ2) is 11.8. The average Bonchev–Trinajstić information content (AvgIpc) is 3.07. The van der Waals surface area contributed by atoms with Gasteiger partial charge < -0.3 is 29.0 Å². The van der Waals surface area contributed by atoms with Crippen LogP contribution in [0.3, 0.4) is 0 Å². The van der Waals surface area contributed by atoms with Crippen molar-refractivity contribution in [2.45, 2.75) is 37.6 Å². The van der Waals surface area contributed by atoms with Crippen LogP contribution in [0.1, 0.15) is 37.4 Å². The number of carbonyl (C=O) groups excluding carboxylic acids is 2. The number of carbonyl (C=O) groups is 2. The Morgan fingerprint density at radius 1 is 1.06 bits per heavy atom. The van der Waals surface area contributed by atoms with Gasteiger partial charge in [-0.15, -0.1) is 11.8 Å². The zero-order chi connectivity index (χ0) is 25.5. The molecule has 1 atom stereocenters. The summed E-state index contributed by atoms with van der Waals surface area (Å²) in [6.07, 6.45) is 1.33. The molecule has 1 unspecified atom stereocenters. The summed E-state index contributed by atoms with van der Waals surface area (Å²) < 4.78 is 26.7. The minimum atomic E-state index is -0.865. The maximum absolute atomic E-state index is 12.9. The summed E-state index contributed by atoms with van der Waals surface area (Å²) in [5, 5.41) is 2.87. The van der Waals surface area contributed by atoms with Crippen LogP contribution in [0.5, 0.6) is 17.2 Å². The van der Waals surface area contributed by atoms with Gasteiger partial charge in [-0.05, 0) is 67.8 Å². The van der Waals surface area contributed by atoms with E-state index >= 15 is 0 Å². The molecule has 0 aliphatic heterocycles. The summed E-state index contributed by atoms with van der Waals surface area (Å²) in [6, 6.07) is 6.32. The predicted molar refractivity (Wildman–Crippen MR) is 132 cm³/mol. The van der Waals surface area contributed by atoms with Crippen molar-refractivity contribution in [2.24, 2.45) is 0 Å². The molecule has 2 aromatic rings. The number of fused-ring (bicyclic) bond motifs is 3. The van der Waals surface area contributed by atoms with Gasteiger partial charge in [-0.2, -0.15) is 0 Å². The molecule has 0 radical (unpaired) electrons. The Bertz CT molecular complexity index is 1170. The number of hydrogen-bond donors (Lipinski definition) is 1. The molecule has 0 saturated heterocycles. The van der Waals surface area contributed by atoms with Crippen LogP contribution in [-0.4, -0.2) is 45.9 Å². The van der Waals surface area contributed by atoms with Crippen LogP contribution in [0.4, 0.5) is 9.59 Å². The number of benzene rings is 1. The zero-order valence-electron chi connectivity index (χ0n) is 20.4. The maximum atomic E-state index is 12.9. The van der Waals surface area contributed by atoms with Crippen molar-refractivity contribution in [1.29, 1.82) is 0 Å². The summed E-state index contributed by atoms with van der Waals surface area (Å²) >= 11 is 1.34. The highest BCUT2D eigenvalue weighted by Gasteiger charge is 2.30. The number of ether oxygens (including phenoxy) is 5. The molecule has 0 aromatic heterocycles. The highest BCUT2D eigenvalue weighted by molar-refractivity contribution is 7.98. The molecule has 35 heavy (non-hydrogen) atoms. The summed E-state index contributed by atoms with van der Waals surface area (Å²) in [6.45, 7) is 3.77. The van der Waals surface area contributed by atoms with E-state index in [1.54, 1.807) is 32.0 Å². The second-order valence-electron chi connectivity index (χ2n) is 7.50. The number of aryl methyl sites for hydroxylation is 1. The van der Waals surface area contributed by atoms with E-state index < -0.39 is 18.3 Å². The standard InChI is InChI=1S/C25H29NO8S/c1-6-32-24(28)26-17-10-8-14-12-19(34-25(29)33-7-2)22(30-3)23(31-4)21(14)15-9-11-20(35-5)18(27)13-16(15)17/h9,11-13,17H,6-8,10H2,1-5H3,(H,26,28). The van der Waals surface area contributed by atoms with Gasteiger partial charge in [-0.3, -0.25) is 4.79 Å². The lowest BCUT2D eigenvalue weighted by Gasteiger charge is -2.20. The summed E-state index contributed by atoms with van der Waals surface area (Å²) in [4.78, 5) is 37.9. The summed E-state index contributed by atoms with van der Waals surface area (Å²) in [5.74, 6) is 0.696. The van der Waals surface area contributed by atoms with E-state index in [1.807, 2.05) is 12.3 Å². The molecule has 1 N–H and O–H groups in total. The molecular weight excluding hydrogens is 474 g/mol. The normalized spacial score (nSPS) is 14.0. The first-order chi connectivity index (χ1) is 16.9. The Kier molecular flexibility index (Phi) is 8.86. The van der Waals surface area contributed by atoms with Gasteiger partial charge in [0.05, 0.1) is 38.4 Å². The fourth-order valence-corrected chi connectivity index (χ4v) is 4.56. The molecule has 0 fully saturated rings. The van der Waals surface area contributed by atoms with Crippen molar-refractivity contribution in [3.05, 3.63) is 45.6 Å². The molecule has 188 valence electrons. The number of nitrogens with one attached hydrogen (secondary N) is 1. The lowest BCUT2D eigenvalue weighted by molar-refractivity contribution is 0.103. The van der Waals surface area contributed by atoms with Gasteiger partial charge in [0, 0.05) is 5.56 Å². The van der Waals surface area contributed by atoms with Gasteiger partial charge in [0.1, 0.15) is 0 Å². The lowest BCUT2D eigenvalue weighted by Crippen LogP contribution is -2.29. The monoisotopic (exact) mass is 503 g/mol. The molecular formula is C25H29NO8S. The van der Waals surface area contributed by atoms with Crippen LogP contribution >= 0.6 is 11.8 Å². The predicted octanol–water partition coefficient (Wildman–Crippen LogP) is 4.72. The SMILES string of the molecule is CCOC(=O)NC1CCc2cc(OC(=O)OCC)c(OC)c(OC)c2-c2ccc(SC)c(=O)cc21. The van der Waals surface area contributed by atoms with Gasteiger partial charge in [0.15, 0.2) is 16.9 Å². The van der Waals surface area contributed by atoms with Gasteiger partial charge in [0.2, 0.25) is 5.75 Å². The van der Waals surface area contributed by atoms with Crippen LogP contribution in [0.25, 0.3) is 11.1 Å². The van der Waals surface area contributed by atoms with Crippen molar-refractivity contribution in [2.75, 3.05) is 33.7 Å². The summed E-state index contributed by atoms with van der Waals surface area (Å²) in [7, 11) is 2.93. The molecule has 0 spiro atoms. The topological polar surface area (TPSA) is 109 Å². The highest BCUT2D eigenvalue weighted by atomic mass is 32.2. The first-order valence-electron chi connectivity index (χ1n) is 11.2. The average molecular weight is 504 g/mol. The van der Waals surface area contributed by atoms with Crippen molar-refractivity contribution in [3.8, 4) is 28.4 Å². The van der Waals surface area contributed by atoms with Gasteiger partial charge in [-0.25, -0.2) is 9.59 Å². The van der Waals surface area contributed by atoms with Crippen LogP contribution in [0, 0.1) is 0 Å². The van der Waals surface area contributed by atoms with E-state index in [1.165, 1.54) is 26.0 Å². The Balaban J connectivity index is 2.29. The van der Waals surface area contributed by atoms with E-state index in [-0.39, 0.29) is 30.1 Å². The number of methoxy groups -OCH3 is 2. The van der Waals surface area contributed by atoms with Crippen LogP contribution < -0.4 is 25.0 Å². The van der Waals surface area contributed by atoms with Crippen LogP contribution in [0.15, 0.2) is 34.0 Å². The fraction of sp³-hybridized carbons (Fsp3) is 0.400. The first kappa shape index (κ1) is 26.2. The molecule has 2 aromatic carbocycles. The molecule has 1 aliphatic carbocycles. The first-order valence-corrected chi connectivity index (χ1v) is 12.4. The third-order valence-electron chi connectivity index (χ3n) is 5.52. The van der Waals surface area contributed by atoms with Crippen LogP contribution in [-0.2, 0) is 15.9 Å². The number of amides is 1. The second-order valence-corrected chi connectivity index (χ2v) is 8.34. The Morgan fingerprint density at radius 3 is 2.40 bits per heavy atom. The number of thioether (sulfide) groups is 1. The summed E-state index contributed by atoms with van der Waals surface area (Å²) in [5.41, 5.74) is 2.63. The van der Waals surface area contributed by atoms with Gasteiger partial charge >= 0.3 is 12.2 Å². The van der Waals surface area contributed by atoms with E-state index in [2.05, 4.69) is 5.32 Å². The molecule has 1 amide bonds. The van der Waals surface area contributed by atoms with Gasteiger partial charge in [-0.1, -0.05) is 6.07 Å². The largest absolute Gasteiger partial charge is 0.513 e. The number of rotatable bonds is 7. The molecule has 10 heteroatoms. The van der Waals surface area contributed by atoms with Gasteiger partial charge in [0.25, 0.3) is 0 Å². The van der Waals surface area contributed by atoms with Crippen molar-refractivity contribution >= 4 is 24.0 Å².